The van der Waals surface area contributed by atoms with Crippen molar-refractivity contribution in [1.82, 2.24) is 14.8 Å². The van der Waals surface area contributed by atoms with Crippen LogP contribution in [-0.4, -0.2) is 38.7 Å². The largest absolute Gasteiger partial charge is 0.497 e. The Labute approximate surface area is 145 Å². The third-order valence-electron chi connectivity index (χ3n) is 3.20. The van der Waals surface area contributed by atoms with Crippen molar-refractivity contribution in [1.29, 1.82) is 0 Å². The Bertz CT molecular complexity index is 891. The first-order valence-corrected chi connectivity index (χ1v) is 8.69. The summed E-state index contributed by atoms with van der Waals surface area (Å²) >= 11 is 9.10. The molecule has 3 aromatic rings. The van der Waals surface area contributed by atoms with Crippen LogP contribution in [0.2, 0.25) is 5.02 Å². The van der Waals surface area contributed by atoms with Crippen molar-refractivity contribution in [3.63, 3.8) is 0 Å². The highest BCUT2D eigenvalue weighted by molar-refractivity contribution is 7.99. The fourth-order valence-electron chi connectivity index (χ4n) is 2.08. The second-order valence-electron chi connectivity index (χ2n) is 4.65. The number of aromatic nitrogens is 3. The van der Waals surface area contributed by atoms with E-state index in [9.17, 15) is 4.79 Å². The molecule has 0 radical (unpaired) electrons. The van der Waals surface area contributed by atoms with Crippen molar-refractivity contribution in [3.8, 4) is 16.5 Å². The highest BCUT2D eigenvalue weighted by Crippen LogP contribution is 2.42. The molecular formula is C14H12ClN3O3S2. The molecule has 0 aliphatic rings. The number of carboxylic acid groups (broad SMARTS) is 1. The molecule has 3 rings (SSSR count). The van der Waals surface area contributed by atoms with E-state index >= 15 is 0 Å². The molecule has 0 unspecified atom stereocenters. The molecule has 1 aromatic carbocycles. The van der Waals surface area contributed by atoms with E-state index in [0.717, 1.165) is 32.5 Å². The van der Waals surface area contributed by atoms with Gasteiger partial charge in [0.05, 0.1) is 22.8 Å². The van der Waals surface area contributed by atoms with Crippen molar-refractivity contribution in [2.24, 2.45) is 7.05 Å². The van der Waals surface area contributed by atoms with E-state index in [4.69, 9.17) is 21.4 Å². The maximum absolute atomic E-state index is 10.7. The van der Waals surface area contributed by atoms with Gasteiger partial charge in [0.15, 0.2) is 11.0 Å². The number of fused-ring (bicyclic) bond motifs is 1. The van der Waals surface area contributed by atoms with Crippen molar-refractivity contribution < 1.29 is 14.6 Å². The molecule has 9 heteroatoms. The number of nitrogens with zero attached hydrogens (tertiary/aromatic N) is 3. The second kappa shape index (κ2) is 6.38. The van der Waals surface area contributed by atoms with Gasteiger partial charge in [-0.05, 0) is 18.2 Å². The molecule has 1 N–H and O–H groups in total. The lowest BCUT2D eigenvalue weighted by molar-refractivity contribution is -0.133. The lowest BCUT2D eigenvalue weighted by Crippen LogP contribution is -2.00. The summed E-state index contributed by atoms with van der Waals surface area (Å²) in [6.07, 6.45) is 0. The average molecular weight is 370 g/mol. The highest BCUT2D eigenvalue weighted by Gasteiger charge is 2.19. The molecule has 0 aliphatic heterocycles. The first kappa shape index (κ1) is 16.1. The highest BCUT2D eigenvalue weighted by atomic mass is 35.5. The lowest BCUT2D eigenvalue weighted by atomic mass is 10.2. The summed E-state index contributed by atoms with van der Waals surface area (Å²) in [5.74, 6) is 0.413. The number of rotatable bonds is 5. The van der Waals surface area contributed by atoms with Crippen LogP contribution in [0.1, 0.15) is 0 Å². The predicted molar refractivity (Wildman–Crippen MR) is 91.7 cm³/mol. The summed E-state index contributed by atoms with van der Waals surface area (Å²) in [7, 11) is 3.41. The van der Waals surface area contributed by atoms with E-state index in [-0.39, 0.29) is 5.75 Å². The zero-order valence-corrected chi connectivity index (χ0v) is 14.6. The Morgan fingerprint density at radius 1 is 1.48 bits per heavy atom. The topological polar surface area (TPSA) is 77.2 Å². The summed E-state index contributed by atoms with van der Waals surface area (Å²) < 4.78 is 7.97. The number of hydrogen-bond acceptors (Lipinski definition) is 6. The monoisotopic (exact) mass is 369 g/mol. The zero-order chi connectivity index (χ0) is 16.6. The Kier molecular flexibility index (Phi) is 4.47. The van der Waals surface area contributed by atoms with E-state index in [2.05, 4.69) is 10.2 Å². The molecule has 0 saturated carbocycles. The average Bonchev–Trinajstić information content (AvgIpc) is 3.05. The third-order valence-corrected chi connectivity index (χ3v) is 5.86. The number of carbonyl (C=O) groups is 1. The molecule has 2 aromatic heterocycles. The van der Waals surface area contributed by atoms with Crippen LogP contribution in [0.25, 0.3) is 20.8 Å². The van der Waals surface area contributed by atoms with Gasteiger partial charge in [-0.25, -0.2) is 0 Å². The van der Waals surface area contributed by atoms with E-state index in [1.807, 2.05) is 18.2 Å². The van der Waals surface area contributed by atoms with Crippen LogP contribution in [0.4, 0.5) is 0 Å². The number of aliphatic carboxylic acids is 1. The molecule has 0 saturated heterocycles. The van der Waals surface area contributed by atoms with E-state index in [1.54, 1.807) is 18.7 Å². The first-order chi connectivity index (χ1) is 11.0. The van der Waals surface area contributed by atoms with Gasteiger partial charge in [0.25, 0.3) is 0 Å². The molecule has 0 aliphatic carbocycles. The summed E-state index contributed by atoms with van der Waals surface area (Å²) in [4.78, 5) is 11.5. The summed E-state index contributed by atoms with van der Waals surface area (Å²) in [5, 5.41) is 19.0. The van der Waals surface area contributed by atoms with Gasteiger partial charge in [-0.1, -0.05) is 23.4 Å². The molecule has 6 nitrogen and oxygen atoms in total. The fraction of sp³-hybridized carbons (Fsp3) is 0.214. The Morgan fingerprint density at radius 3 is 2.96 bits per heavy atom. The standard InChI is InChI=1S/C14H12ClN3O3S2/c1-18-13(16-17-14(18)22-6-10(19)20)12-11(15)8-4-3-7(21-2)5-9(8)23-12/h3-5H,6H2,1-2H3,(H,19,20). The maximum Gasteiger partial charge on any atom is 0.313 e. The number of thiophene rings is 1. The number of halogens is 1. The second-order valence-corrected chi connectivity index (χ2v) is 7.03. The summed E-state index contributed by atoms with van der Waals surface area (Å²) in [6.45, 7) is 0. The van der Waals surface area contributed by atoms with Gasteiger partial charge in [-0.2, -0.15) is 0 Å². The molecule has 0 bridgehead atoms. The van der Waals surface area contributed by atoms with Crippen LogP contribution in [0.3, 0.4) is 0 Å². The SMILES string of the molecule is COc1ccc2c(Cl)c(-c3nnc(SCC(=O)O)n3C)sc2c1. The van der Waals surface area contributed by atoms with Gasteiger partial charge in [0.1, 0.15) is 5.75 Å². The van der Waals surface area contributed by atoms with E-state index in [0.29, 0.717) is 16.0 Å². The number of carboxylic acids is 1. The van der Waals surface area contributed by atoms with E-state index in [1.165, 1.54) is 11.3 Å². The molecule has 0 amide bonds. The van der Waals surface area contributed by atoms with Gasteiger partial charge >= 0.3 is 5.97 Å². The van der Waals surface area contributed by atoms with Crippen molar-refractivity contribution in [2.75, 3.05) is 12.9 Å². The molecule has 2 heterocycles. The maximum atomic E-state index is 10.7. The number of methoxy groups -OCH3 is 1. The van der Waals surface area contributed by atoms with Crippen LogP contribution in [0.5, 0.6) is 5.75 Å². The zero-order valence-electron chi connectivity index (χ0n) is 12.2. The minimum Gasteiger partial charge on any atom is -0.497 e. The van der Waals surface area contributed by atoms with Crippen molar-refractivity contribution in [3.05, 3.63) is 23.2 Å². The van der Waals surface area contributed by atoms with Crippen LogP contribution in [0, 0.1) is 0 Å². The number of ether oxygens (including phenoxy) is 1. The molecule has 0 spiro atoms. The van der Waals surface area contributed by atoms with Crippen molar-refractivity contribution in [2.45, 2.75) is 5.16 Å². The Balaban J connectivity index is 2.03. The van der Waals surface area contributed by atoms with Crippen LogP contribution in [0.15, 0.2) is 23.4 Å². The smallest absolute Gasteiger partial charge is 0.313 e. The first-order valence-electron chi connectivity index (χ1n) is 6.51. The molecule has 23 heavy (non-hydrogen) atoms. The van der Waals surface area contributed by atoms with Crippen LogP contribution < -0.4 is 4.74 Å². The number of benzene rings is 1. The Morgan fingerprint density at radius 2 is 2.26 bits per heavy atom. The van der Waals surface area contributed by atoms with Gasteiger partial charge in [-0.15, -0.1) is 21.5 Å². The number of hydrogen-bond donors (Lipinski definition) is 1. The normalized spacial score (nSPS) is 11.1. The summed E-state index contributed by atoms with van der Waals surface area (Å²) in [5.41, 5.74) is 0. The lowest BCUT2D eigenvalue weighted by Gasteiger charge is -2.01. The minimum atomic E-state index is -0.897. The van der Waals surface area contributed by atoms with Crippen LogP contribution >= 0.6 is 34.7 Å². The van der Waals surface area contributed by atoms with Gasteiger partial charge in [0.2, 0.25) is 0 Å². The molecule has 120 valence electrons. The van der Waals surface area contributed by atoms with Crippen molar-refractivity contribution >= 4 is 50.8 Å². The molecule has 0 atom stereocenters. The fourth-order valence-corrected chi connectivity index (χ4v) is 4.28. The van der Waals surface area contributed by atoms with Gasteiger partial charge in [0, 0.05) is 17.1 Å². The quantitative estimate of drug-likeness (QED) is 0.693. The molecule has 0 fully saturated rings. The minimum absolute atomic E-state index is 0.0662. The van der Waals surface area contributed by atoms with Crippen LogP contribution in [-0.2, 0) is 11.8 Å². The number of thioether (sulfide) groups is 1. The third kappa shape index (κ3) is 3.01. The summed E-state index contributed by atoms with van der Waals surface area (Å²) in [6, 6.07) is 5.69. The van der Waals surface area contributed by atoms with E-state index < -0.39 is 5.97 Å². The molecular weight excluding hydrogens is 358 g/mol. The van der Waals surface area contributed by atoms with Gasteiger partial charge in [-0.3, -0.25) is 4.79 Å². The predicted octanol–water partition coefficient (Wildman–Crippen LogP) is 3.54. The Hall–Kier alpha value is -1.77. The van der Waals surface area contributed by atoms with Gasteiger partial charge < -0.3 is 14.4 Å².